The van der Waals surface area contributed by atoms with Crippen LogP contribution < -0.4 is 10.9 Å². The number of aromatic nitrogens is 2. The molecule has 0 fully saturated rings. The van der Waals surface area contributed by atoms with Gasteiger partial charge in [-0.25, -0.2) is 0 Å². The van der Waals surface area contributed by atoms with Crippen molar-refractivity contribution in [2.45, 2.75) is 19.3 Å². The lowest BCUT2D eigenvalue weighted by molar-refractivity contribution is 0.102. The van der Waals surface area contributed by atoms with Crippen molar-refractivity contribution < 1.29 is 4.79 Å². The SMILES string of the molecule is O=C(Nc1ccc2c3c(c(=O)[nH]c2c1)CCC3)c1c[nH]c2ccccc12. The van der Waals surface area contributed by atoms with E-state index in [2.05, 4.69) is 15.3 Å². The van der Waals surface area contributed by atoms with Crippen LogP contribution in [0.3, 0.4) is 0 Å². The van der Waals surface area contributed by atoms with Gasteiger partial charge in [0.15, 0.2) is 0 Å². The highest BCUT2D eigenvalue weighted by Crippen LogP contribution is 2.28. The van der Waals surface area contributed by atoms with E-state index in [0.29, 0.717) is 11.3 Å². The fraction of sp³-hybridized carbons (Fsp3) is 0.143. The van der Waals surface area contributed by atoms with Crippen LogP contribution in [-0.2, 0) is 12.8 Å². The summed E-state index contributed by atoms with van der Waals surface area (Å²) in [4.78, 5) is 31.0. The van der Waals surface area contributed by atoms with Crippen molar-refractivity contribution in [2.75, 3.05) is 5.32 Å². The van der Waals surface area contributed by atoms with Gasteiger partial charge in [-0.15, -0.1) is 0 Å². The first-order valence-corrected chi connectivity index (χ1v) is 8.76. The molecule has 0 saturated carbocycles. The van der Waals surface area contributed by atoms with Crippen molar-refractivity contribution in [3.63, 3.8) is 0 Å². The molecule has 5 nitrogen and oxygen atoms in total. The molecular formula is C21H17N3O2. The summed E-state index contributed by atoms with van der Waals surface area (Å²) in [6.07, 6.45) is 4.53. The number of nitrogens with one attached hydrogen (secondary N) is 3. The second-order valence-electron chi connectivity index (χ2n) is 6.73. The second-order valence-corrected chi connectivity index (χ2v) is 6.73. The zero-order chi connectivity index (χ0) is 17.7. The summed E-state index contributed by atoms with van der Waals surface area (Å²) in [7, 11) is 0. The van der Waals surface area contributed by atoms with E-state index in [1.54, 1.807) is 6.20 Å². The Bertz CT molecular complexity index is 1230. The van der Waals surface area contributed by atoms with Gasteiger partial charge in [-0.3, -0.25) is 9.59 Å². The fourth-order valence-electron chi connectivity index (χ4n) is 3.94. The second kappa shape index (κ2) is 5.59. The Balaban J connectivity index is 1.53. The Morgan fingerprint density at radius 1 is 0.962 bits per heavy atom. The molecule has 0 unspecified atom stereocenters. The lowest BCUT2D eigenvalue weighted by Crippen LogP contribution is -2.14. The van der Waals surface area contributed by atoms with Crippen molar-refractivity contribution in [3.05, 3.63) is 75.7 Å². The zero-order valence-corrected chi connectivity index (χ0v) is 14.1. The van der Waals surface area contributed by atoms with Gasteiger partial charge in [-0.05, 0) is 43.0 Å². The van der Waals surface area contributed by atoms with Gasteiger partial charge in [0, 0.05) is 33.7 Å². The van der Waals surface area contributed by atoms with Gasteiger partial charge >= 0.3 is 0 Å². The average Bonchev–Trinajstić information content (AvgIpc) is 3.29. The number of fused-ring (bicyclic) bond motifs is 4. The van der Waals surface area contributed by atoms with Crippen molar-refractivity contribution in [3.8, 4) is 0 Å². The molecule has 0 atom stereocenters. The molecule has 4 aromatic rings. The van der Waals surface area contributed by atoms with Gasteiger partial charge in [-0.1, -0.05) is 24.3 Å². The molecule has 5 heteroatoms. The first-order valence-electron chi connectivity index (χ1n) is 8.76. The number of carbonyl (C=O) groups is 1. The number of H-pyrrole nitrogens is 2. The van der Waals surface area contributed by atoms with Crippen molar-refractivity contribution in [2.24, 2.45) is 0 Å². The molecule has 5 rings (SSSR count). The van der Waals surface area contributed by atoms with Crippen LogP contribution in [-0.4, -0.2) is 15.9 Å². The molecule has 0 aliphatic heterocycles. The summed E-state index contributed by atoms with van der Waals surface area (Å²) < 4.78 is 0. The van der Waals surface area contributed by atoms with E-state index in [-0.39, 0.29) is 11.5 Å². The Morgan fingerprint density at radius 3 is 2.73 bits per heavy atom. The lowest BCUT2D eigenvalue weighted by Gasteiger charge is -2.09. The highest BCUT2D eigenvalue weighted by atomic mass is 16.1. The van der Waals surface area contributed by atoms with E-state index in [1.807, 2.05) is 42.5 Å². The van der Waals surface area contributed by atoms with E-state index in [4.69, 9.17) is 0 Å². The summed E-state index contributed by atoms with van der Waals surface area (Å²) in [5, 5.41) is 4.89. The largest absolute Gasteiger partial charge is 0.360 e. The number of para-hydroxylation sites is 1. The van der Waals surface area contributed by atoms with Gasteiger partial charge in [-0.2, -0.15) is 0 Å². The zero-order valence-electron chi connectivity index (χ0n) is 14.1. The van der Waals surface area contributed by atoms with Crippen LogP contribution in [0.1, 0.15) is 27.9 Å². The van der Waals surface area contributed by atoms with Crippen molar-refractivity contribution in [1.82, 2.24) is 9.97 Å². The molecule has 1 amide bonds. The molecule has 0 radical (unpaired) electrons. The molecule has 0 bridgehead atoms. The normalized spacial score (nSPS) is 13.2. The minimum atomic E-state index is -0.176. The number of anilines is 1. The van der Waals surface area contributed by atoms with Crippen molar-refractivity contribution in [1.29, 1.82) is 0 Å². The van der Waals surface area contributed by atoms with E-state index < -0.39 is 0 Å². The minimum absolute atomic E-state index is 0.00916. The summed E-state index contributed by atoms with van der Waals surface area (Å²) in [6.45, 7) is 0. The molecular weight excluding hydrogens is 326 g/mol. The molecule has 2 aromatic carbocycles. The summed E-state index contributed by atoms with van der Waals surface area (Å²) >= 11 is 0. The smallest absolute Gasteiger partial charge is 0.257 e. The molecule has 0 saturated heterocycles. The first kappa shape index (κ1) is 15.0. The number of benzene rings is 2. The van der Waals surface area contributed by atoms with E-state index in [1.165, 1.54) is 0 Å². The Kier molecular flexibility index (Phi) is 3.22. The molecule has 1 aliphatic rings. The molecule has 1 aliphatic carbocycles. The maximum absolute atomic E-state index is 12.7. The summed E-state index contributed by atoms with van der Waals surface area (Å²) in [5.41, 5.74) is 5.02. The standard InChI is InChI=1S/C21H17N3O2/c25-20-16-6-3-5-13(16)15-9-8-12(10-19(15)24-20)23-21(26)17-11-22-18-7-2-1-4-14(17)18/h1-2,4,7-11,22H,3,5-6H2,(H,23,26)(H,24,25). The number of aryl methyl sites for hydroxylation is 1. The van der Waals surface area contributed by atoms with Crippen LogP contribution in [0.5, 0.6) is 0 Å². The molecule has 26 heavy (non-hydrogen) atoms. The van der Waals surface area contributed by atoms with Crippen LogP contribution >= 0.6 is 0 Å². The highest BCUT2D eigenvalue weighted by molar-refractivity contribution is 6.13. The monoisotopic (exact) mass is 343 g/mol. The maximum Gasteiger partial charge on any atom is 0.257 e. The highest BCUT2D eigenvalue weighted by Gasteiger charge is 2.18. The van der Waals surface area contributed by atoms with Crippen LogP contribution in [0.4, 0.5) is 5.69 Å². The van der Waals surface area contributed by atoms with Gasteiger partial charge < -0.3 is 15.3 Å². The molecule has 0 spiro atoms. The lowest BCUT2D eigenvalue weighted by atomic mass is 10.1. The minimum Gasteiger partial charge on any atom is -0.360 e. The number of rotatable bonds is 2. The quantitative estimate of drug-likeness (QED) is 0.518. The van der Waals surface area contributed by atoms with Crippen LogP contribution in [0.2, 0.25) is 0 Å². The predicted octanol–water partition coefficient (Wildman–Crippen LogP) is 3.75. The number of pyridine rings is 1. The molecule has 128 valence electrons. The predicted molar refractivity (Wildman–Crippen MR) is 103 cm³/mol. The third-order valence-electron chi connectivity index (χ3n) is 5.18. The van der Waals surface area contributed by atoms with Crippen LogP contribution in [0.25, 0.3) is 21.8 Å². The molecule has 2 aromatic heterocycles. The van der Waals surface area contributed by atoms with Gasteiger partial charge in [0.05, 0.1) is 11.1 Å². The van der Waals surface area contributed by atoms with Gasteiger partial charge in [0.1, 0.15) is 0 Å². The Morgan fingerprint density at radius 2 is 1.81 bits per heavy atom. The van der Waals surface area contributed by atoms with E-state index in [0.717, 1.165) is 52.2 Å². The third kappa shape index (κ3) is 2.24. The number of carbonyl (C=O) groups excluding carboxylic acids is 1. The Labute approximate surface area is 149 Å². The van der Waals surface area contributed by atoms with Crippen LogP contribution in [0, 0.1) is 0 Å². The summed E-state index contributed by atoms with van der Waals surface area (Å²) in [6, 6.07) is 13.4. The number of aromatic amines is 2. The fourth-order valence-corrected chi connectivity index (χ4v) is 3.94. The summed E-state index contributed by atoms with van der Waals surface area (Å²) in [5.74, 6) is -0.176. The first-order chi connectivity index (χ1) is 12.7. The average molecular weight is 343 g/mol. The topological polar surface area (TPSA) is 77.8 Å². The van der Waals surface area contributed by atoms with Crippen molar-refractivity contribution >= 4 is 33.4 Å². The van der Waals surface area contributed by atoms with Crippen LogP contribution in [0.15, 0.2) is 53.5 Å². The van der Waals surface area contributed by atoms with E-state index >= 15 is 0 Å². The van der Waals surface area contributed by atoms with Gasteiger partial charge in [0.25, 0.3) is 11.5 Å². The number of hydrogen-bond acceptors (Lipinski definition) is 2. The molecule has 2 heterocycles. The number of amides is 1. The Hall–Kier alpha value is -3.34. The molecule has 3 N–H and O–H groups in total. The van der Waals surface area contributed by atoms with Gasteiger partial charge in [0.2, 0.25) is 0 Å². The maximum atomic E-state index is 12.7. The third-order valence-corrected chi connectivity index (χ3v) is 5.18. The number of hydrogen-bond donors (Lipinski definition) is 3. The van der Waals surface area contributed by atoms with E-state index in [9.17, 15) is 9.59 Å².